The van der Waals surface area contributed by atoms with Crippen molar-refractivity contribution in [3.05, 3.63) is 48.3 Å². The zero-order chi connectivity index (χ0) is 19.1. The Balaban J connectivity index is 0.00000280. The summed E-state index contributed by atoms with van der Waals surface area (Å²) in [7, 11) is 1.70. The summed E-state index contributed by atoms with van der Waals surface area (Å²) in [4.78, 5) is 8.16. The molecular weight excluding hydrogens is 476 g/mol. The summed E-state index contributed by atoms with van der Waals surface area (Å²) in [6.45, 7) is 2.61. The molecule has 28 heavy (non-hydrogen) atoms. The number of benzene rings is 1. The van der Waals surface area contributed by atoms with Crippen molar-refractivity contribution < 1.29 is 14.2 Å². The normalized spacial score (nSPS) is 19.3. The molecular formula is C19H27FIN5O2. The molecule has 1 unspecified atom stereocenters. The summed E-state index contributed by atoms with van der Waals surface area (Å²) in [5.41, 5.74) is 1.21. The number of aliphatic imine (C=N–C) groups is 1. The lowest BCUT2D eigenvalue weighted by molar-refractivity contribution is 0.127. The van der Waals surface area contributed by atoms with Crippen molar-refractivity contribution in [1.82, 2.24) is 20.2 Å². The zero-order valence-corrected chi connectivity index (χ0v) is 18.2. The van der Waals surface area contributed by atoms with Gasteiger partial charge in [-0.3, -0.25) is 4.99 Å². The van der Waals surface area contributed by atoms with Crippen molar-refractivity contribution >= 4 is 29.9 Å². The third kappa shape index (κ3) is 5.65. The Kier molecular flexibility index (Phi) is 8.64. The van der Waals surface area contributed by atoms with E-state index in [-0.39, 0.29) is 41.8 Å². The van der Waals surface area contributed by atoms with Gasteiger partial charge in [-0.25, -0.2) is 9.37 Å². The molecule has 0 aliphatic carbocycles. The molecule has 1 saturated heterocycles. The molecule has 1 atom stereocenters. The number of hydrogen-bond donors (Lipinski definition) is 3. The van der Waals surface area contributed by atoms with Crippen LogP contribution in [0.5, 0.6) is 0 Å². The number of imidazole rings is 1. The first-order valence-corrected chi connectivity index (χ1v) is 9.06. The number of guanidine groups is 1. The van der Waals surface area contributed by atoms with Gasteiger partial charge in [0.25, 0.3) is 0 Å². The lowest BCUT2D eigenvalue weighted by atomic mass is 9.84. The van der Waals surface area contributed by atoms with Crippen molar-refractivity contribution in [2.75, 3.05) is 33.4 Å². The Morgan fingerprint density at radius 2 is 2.29 bits per heavy atom. The number of nitrogens with zero attached hydrogens (tertiary/aromatic N) is 3. The number of aromatic nitrogens is 2. The van der Waals surface area contributed by atoms with Crippen LogP contribution in [0.2, 0.25) is 0 Å². The molecule has 0 saturated carbocycles. The van der Waals surface area contributed by atoms with Crippen LogP contribution in [0.15, 0.2) is 41.9 Å². The summed E-state index contributed by atoms with van der Waals surface area (Å²) >= 11 is 0. The van der Waals surface area contributed by atoms with Crippen molar-refractivity contribution in [3.63, 3.8) is 0 Å². The lowest BCUT2D eigenvalue weighted by Crippen LogP contribution is -2.44. The van der Waals surface area contributed by atoms with Gasteiger partial charge in [0.05, 0.1) is 18.6 Å². The molecule has 154 valence electrons. The largest absolute Gasteiger partial charge is 0.396 e. The molecule has 1 aliphatic rings. The highest BCUT2D eigenvalue weighted by Crippen LogP contribution is 2.31. The molecule has 3 N–H and O–H groups in total. The molecule has 2 aromatic rings. The van der Waals surface area contributed by atoms with Gasteiger partial charge in [-0.2, -0.15) is 0 Å². The number of hydrogen-bond acceptors (Lipinski definition) is 4. The molecule has 1 aromatic heterocycles. The van der Waals surface area contributed by atoms with E-state index < -0.39 is 0 Å². The van der Waals surface area contributed by atoms with E-state index in [1.54, 1.807) is 36.4 Å². The van der Waals surface area contributed by atoms with Gasteiger partial charge >= 0.3 is 0 Å². The molecule has 7 nitrogen and oxygen atoms in total. The van der Waals surface area contributed by atoms with E-state index in [0.717, 1.165) is 18.6 Å². The van der Waals surface area contributed by atoms with E-state index in [9.17, 15) is 9.50 Å². The van der Waals surface area contributed by atoms with Gasteiger partial charge in [-0.05, 0) is 30.5 Å². The number of aliphatic hydroxyl groups excluding tert-OH is 1. The molecule has 1 aromatic carbocycles. The molecule has 0 radical (unpaired) electrons. The van der Waals surface area contributed by atoms with E-state index in [2.05, 4.69) is 20.6 Å². The molecule has 3 rings (SSSR count). The van der Waals surface area contributed by atoms with Gasteiger partial charge in [0.15, 0.2) is 5.96 Å². The molecule has 0 spiro atoms. The highest BCUT2D eigenvalue weighted by Gasteiger charge is 2.34. The Morgan fingerprint density at radius 3 is 2.89 bits per heavy atom. The van der Waals surface area contributed by atoms with Crippen LogP contribution in [-0.2, 0) is 11.3 Å². The van der Waals surface area contributed by atoms with Crippen LogP contribution in [0.3, 0.4) is 0 Å². The summed E-state index contributed by atoms with van der Waals surface area (Å²) in [6.07, 6.45) is 6.49. The van der Waals surface area contributed by atoms with Crippen LogP contribution in [-0.4, -0.2) is 54.0 Å². The number of rotatable bonds is 7. The van der Waals surface area contributed by atoms with E-state index in [1.807, 2.05) is 6.07 Å². The highest BCUT2D eigenvalue weighted by atomic mass is 127. The summed E-state index contributed by atoms with van der Waals surface area (Å²) in [5.74, 6) is 0.332. The van der Waals surface area contributed by atoms with E-state index in [1.165, 1.54) is 6.07 Å². The van der Waals surface area contributed by atoms with Crippen LogP contribution < -0.4 is 10.6 Å². The lowest BCUT2D eigenvalue weighted by Gasteiger charge is -2.27. The second-order valence-corrected chi connectivity index (χ2v) is 6.81. The van der Waals surface area contributed by atoms with Gasteiger partial charge in [-0.1, -0.05) is 6.07 Å². The molecule has 1 aliphatic heterocycles. The third-order valence-electron chi connectivity index (χ3n) is 4.94. The first-order chi connectivity index (χ1) is 13.2. The van der Waals surface area contributed by atoms with Crippen molar-refractivity contribution in [1.29, 1.82) is 0 Å². The standard InChI is InChI=1S/C19H26FN5O2.HI/c1-21-18(24-12-19(4-8-26)5-9-27-13-19)23-11-15-2-3-17(16(20)10-15)25-7-6-22-14-25;/h2-3,6-7,10,14,26H,4-5,8-9,11-13H2,1H3,(H2,21,23,24);1H. The van der Waals surface area contributed by atoms with Crippen LogP contribution in [0.1, 0.15) is 18.4 Å². The number of aliphatic hydroxyl groups is 1. The van der Waals surface area contributed by atoms with Crippen molar-refractivity contribution in [3.8, 4) is 5.69 Å². The molecule has 0 bridgehead atoms. The first-order valence-electron chi connectivity index (χ1n) is 9.06. The van der Waals surface area contributed by atoms with Crippen molar-refractivity contribution in [2.45, 2.75) is 19.4 Å². The van der Waals surface area contributed by atoms with Gasteiger partial charge in [0.1, 0.15) is 5.82 Å². The first kappa shape index (κ1) is 22.6. The minimum absolute atomic E-state index is 0. The Bertz CT molecular complexity index is 764. The highest BCUT2D eigenvalue weighted by molar-refractivity contribution is 14.0. The molecule has 1 fully saturated rings. The summed E-state index contributed by atoms with van der Waals surface area (Å²) in [6, 6.07) is 5.11. The summed E-state index contributed by atoms with van der Waals surface area (Å²) in [5, 5.41) is 15.8. The predicted molar refractivity (Wildman–Crippen MR) is 117 cm³/mol. The Labute approximate surface area is 181 Å². The fraction of sp³-hybridized carbons (Fsp3) is 0.474. The fourth-order valence-corrected chi connectivity index (χ4v) is 3.26. The zero-order valence-electron chi connectivity index (χ0n) is 15.9. The minimum Gasteiger partial charge on any atom is -0.396 e. The smallest absolute Gasteiger partial charge is 0.191 e. The van der Waals surface area contributed by atoms with Gasteiger partial charge < -0.3 is 25.0 Å². The number of nitrogens with one attached hydrogen (secondary N) is 2. The Morgan fingerprint density at radius 1 is 1.43 bits per heavy atom. The van der Waals surface area contributed by atoms with E-state index >= 15 is 0 Å². The second-order valence-electron chi connectivity index (χ2n) is 6.81. The number of ether oxygens (including phenoxy) is 1. The van der Waals surface area contributed by atoms with E-state index in [0.29, 0.717) is 37.8 Å². The van der Waals surface area contributed by atoms with E-state index in [4.69, 9.17) is 4.74 Å². The number of halogens is 2. The van der Waals surface area contributed by atoms with Crippen molar-refractivity contribution in [2.24, 2.45) is 10.4 Å². The predicted octanol–water partition coefficient (Wildman–Crippen LogP) is 2.08. The van der Waals surface area contributed by atoms with Crippen LogP contribution >= 0.6 is 24.0 Å². The molecule has 9 heteroatoms. The van der Waals surface area contributed by atoms with Crippen LogP contribution in [0.4, 0.5) is 4.39 Å². The fourth-order valence-electron chi connectivity index (χ4n) is 3.26. The monoisotopic (exact) mass is 503 g/mol. The van der Waals surface area contributed by atoms with Gasteiger partial charge in [0, 0.05) is 51.2 Å². The van der Waals surface area contributed by atoms with Gasteiger partial charge in [0.2, 0.25) is 0 Å². The maximum atomic E-state index is 14.3. The average Bonchev–Trinajstić information content (AvgIpc) is 3.35. The quantitative estimate of drug-likeness (QED) is 0.306. The molecule has 2 heterocycles. The third-order valence-corrected chi connectivity index (χ3v) is 4.94. The minimum atomic E-state index is -0.305. The SMILES string of the molecule is CN=C(NCc1ccc(-n2ccnc2)c(F)c1)NCC1(CCO)CCOC1.I. The average molecular weight is 503 g/mol. The maximum absolute atomic E-state index is 14.3. The molecule has 0 amide bonds. The van der Waals surface area contributed by atoms with Crippen LogP contribution in [0, 0.1) is 11.2 Å². The second kappa shape index (κ2) is 10.7. The van der Waals surface area contributed by atoms with Crippen LogP contribution in [0.25, 0.3) is 5.69 Å². The summed E-state index contributed by atoms with van der Waals surface area (Å²) < 4.78 is 21.5. The topological polar surface area (TPSA) is 83.7 Å². The Hall–Kier alpha value is -1.72. The maximum Gasteiger partial charge on any atom is 0.191 e. The van der Waals surface area contributed by atoms with Gasteiger partial charge in [-0.15, -0.1) is 24.0 Å².